The molecule has 0 spiro atoms. The summed E-state index contributed by atoms with van der Waals surface area (Å²) >= 11 is 1.43. The van der Waals surface area contributed by atoms with E-state index in [1.54, 1.807) is 0 Å². The van der Waals surface area contributed by atoms with Gasteiger partial charge in [-0.05, 0) is 38.3 Å². The SMILES string of the molecule is Cc1ccc(N2CCC(Sc3nc(=O)ccn3C3CC3)C2=O)cc1. The van der Waals surface area contributed by atoms with E-state index >= 15 is 0 Å². The smallest absolute Gasteiger partial charge is 0.273 e. The number of nitrogens with zero attached hydrogens (tertiary/aromatic N) is 3. The van der Waals surface area contributed by atoms with Crippen molar-refractivity contribution in [2.45, 2.75) is 42.6 Å². The number of rotatable bonds is 4. The van der Waals surface area contributed by atoms with E-state index in [4.69, 9.17) is 0 Å². The van der Waals surface area contributed by atoms with Crippen molar-refractivity contribution in [1.82, 2.24) is 9.55 Å². The van der Waals surface area contributed by atoms with Crippen LogP contribution in [-0.2, 0) is 4.79 Å². The Balaban J connectivity index is 1.54. The van der Waals surface area contributed by atoms with Crippen LogP contribution in [0.15, 0.2) is 46.5 Å². The second kappa shape index (κ2) is 6.09. The number of aromatic nitrogens is 2. The van der Waals surface area contributed by atoms with Gasteiger partial charge in [-0.1, -0.05) is 29.5 Å². The minimum absolute atomic E-state index is 0.101. The lowest BCUT2D eigenvalue weighted by Gasteiger charge is -2.17. The standard InChI is InChI=1S/C18H19N3O2S/c1-12-2-4-13(5-3-12)20-10-8-15(17(20)23)24-18-19-16(22)9-11-21(18)14-6-7-14/h2-5,9,11,14-15H,6-8,10H2,1H3. The highest BCUT2D eigenvalue weighted by molar-refractivity contribution is 8.00. The monoisotopic (exact) mass is 341 g/mol. The van der Waals surface area contributed by atoms with Crippen LogP contribution < -0.4 is 10.5 Å². The summed E-state index contributed by atoms with van der Waals surface area (Å²) in [6.07, 6.45) is 4.82. The van der Waals surface area contributed by atoms with Gasteiger partial charge in [0.15, 0.2) is 5.16 Å². The molecule has 1 aromatic heterocycles. The van der Waals surface area contributed by atoms with Crippen molar-refractivity contribution in [3.8, 4) is 0 Å². The average molecular weight is 341 g/mol. The molecular formula is C18H19N3O2S. The first kappa shape index (κ1) is 15.4. The van der Waals surface area contributed by atoms with Gasteiger partial charge >= 0.3 is 0 Å². The van der Waals surface area contributed by atoms with E-state index in [1.165, 1.54) is 23.4 Å². The summed E-state index contributed by atoms with van der Waals surface area (Å²) in [5, 5.41) is 0.500. The van der Waals surface area contributed by atoms with Crippen molar-refractivity contribution in [3.05, 3.63) is 52.4 Å². The van der Waals surface area contributed by atoms with Crippen LogP contribution in [0.3, 0.4) is 0 Å². The number of hydrogen-bond donors (Lipinski definition) is 0. The minimum Gasteiger partial charge on any atom is -0.324 e. The maximum absolute atomic E-state index is 12.8. The van der Waals surface area contributed by atoms with Crippen molar-refractivity contribution in [2.24, 2.45) is 0 Å². The molecule has 2 heterocycles. The molecule has 1 aliphatic heterocycles. The molecule has 0 N–H and O–H groups in total. The van der Waals surface area contributed by atoms with Gasteiger partial charge in [0.2, 0.25) is 5.91 Å². The van der Waals surface area contributed by atoms with Gasteiger partial charge in [0.25, 0.3) is 5.56 Å². The predicted molar refractivity (Wildman–Crippen MR) is 94.6 cm³/mol. The predicted octanol–water partition coefficient (Wildman–Crippen LogP) is 2.78. The number of carbonyl (C=O) groups is 1. The summed E-state index contributed by atoms with van der Waals surface area (Å²) in [5.74, 6) is 0.101. The maximum atomic E-state index is 12.8. The number of thioether (sulfide) groups is 1. The Hall–Kier alpha value is -2.08. The largest absolute Gasteiger partial charge is 0.324 e. The van der Waals surface area contributed by atoms with E-state index in [0.29, 0.717) is 17.7 Å². The summed E-state index contributed by atoms with van der Waals surface area (Å²) in [5.41, 5.74) is 1.88. The first-order valence-corrected chi connectivity index (χ1v) is 9.14. The zero-order chi connectivity index (χ0) is 16.7. The van der Waals surface area contributed by atoms with Crippen LogP contribution >= 0.6 is 11.8 Å². The molecule has 1 unspecified atom stereocenters. The fourth-order valence-corrected chi connectivity index (χ4v) is 4.17. The molecule has 1 saturated heterocycles. The highest BCUT2D eigenvalue weighted by Gasteiger charge is 2.35. The first-order chi connectivity index (χ1) is 11.6. The molecule has 124 valence electrons. The van der Waals surface area contributed by atoms with E-state index in [-0.39, 0.29) is 16.7 Å². The average Bonchev–Trinajstić information content (AvgIpc) is 3.34. The van der Waals surface area contributed by atoms with Gasteiger partial charge in [0.1, 0.15) is 0 Å². The summed E-state index contributed by atoms with van der Waals surface area (Å²) < 4.78 is 2.05. The van der Waals surface area contributed by atoms with Crippen LogP contribution in [0.2, 0.25) is 0 Å². The summed E-state index contributed by atoms with van der Waals surface area (Å²) in [6, 6.07) is 9.95. The van der Waals surface area contributed by atoms with Crippen molar-refractivity contribution in [3.63, 3.8) is 0 Å². The van der Waals surface area contributed by atoms with E-state index in [2.05, 4.69) is 4.98 Å². The quantitative estimate of drug-likeness (QED) is 0.803. The van der Waals surface area contributed by atoms with Crippen molar-refractivity contribution in [2.75, 3.05) is 11.4 Å². The van der Waals surface area contributed by atoms with Gasteiger partial charge < -0.3 is 9.47 Å². The number of hydrogen-bond acceptors (Lipinski definition) is 4. The molecule has 2 aliphatic rings. The third-order valence-corrected chi connectivity index (χ3v) is 5.73. The summed E-state index contributed by atoms with van der Waals surface area (Å²) in [7, 11) is 0. The molecule has 4 rings (SSSR count). The first-order valence-electron chi connectivity index (χ1n) is 8.26. The van der Waals surface area contributed by atoms with Crippen molar-refractivity contribution in [1.29, 1.82) is 0 Å². The lowest BCUT2D eigenvalue weighted by Crippen LogP contribution is -2.28. The fraction of sp³-hybridized carbons (Fsp3) is 0.389. The van der Waals surface area contributed by atoms with Crippen LogP contribution in [0.4, 0.5) is 5.69 Å². The highest BCUT2D eigenvalue weighted by Crippen LogP contribution is 2.39. The van der Waals surface area contributed by atoms with Gasteiger partial charge in [-0.2, -0.15) is 4.98 Å². The molecule has 24 heavy (non-hydrogen) atoms. The topological polar surface area (TPSA) is 55.2 Å². The molecule has 0 bridgehead atoms. The van der Waals surface area contributed by atoms with E-state index in [0.717, 1.165) is 24.9 Å². The Morgan fingerprint density at radius 1 is 1.08 bits per heavy atom. The molecule has 0 radical (unpaired) electrons. The summed E-state index contributed by atoms with van der Waals surface area (Å²) in [6.45, 7) is 2.74. The molecule has 1 aromatic carbocycles. The Morgan fingerprint density at radius 3 is 2.54 bits per heavy atom. The third kappa shape index (κ3) is 2.98. The van der Waals surface area contributed by atoms with Gasteiger partial charge in [-0.3, -0.25) is 9.59 Å². The fourth-order valence-electron chi connectivity index (χ4n) is 2.99. The Kier molecular flexibility index (Phi) is 3.92. The molecule has 1 amide bonds. The van der Waals surface area contributed by atoms with Gasteiger partial charge in [0, 0.05) is 30.5 Å². The van der Waals surface area contributed by atoms with Crippen LogP contribution in [0.5, 0.6) is 0 Å². The normalized spacial score (nSPS) is 20.6. The van der Waals surface area contributed by atoms with E-state index in [1.807, 2.05) is 46.9 Å². The van der Waals surface area contributed by atoms with Crippen LogP contribution in [0.25, 0.3) is 0 Å². The second-order valence-electron chi connectivity index (χ2n) is 6.41. The molecule has 5 nitrogen and oxygen atoms in total. The molecule has 1 atom stereocenters. The molecule has 1 aliphatic carbocycles. The lowest BCUT2D eigenvalue weighted by atomic mass is 10.2. The lowest BCUT2D eigenvalue weighted by molar-refractivity contribution is -0.116. The van der Waals surface area contributed by atoms with E-state index in [9.17, 15) is 9.59 Å². The number of benzene rings is 1. The van der Waals surface area contributed by atoms with Crippen LogP contribution in [-0.4, -0.2) is 27.3 Å². The molecule has 2 aromatic rings. The zero-order valence-corrected chi connectivity index (χ0v) is 14.3. The zero-order valence-electron chi connectivity index (χ0n) is 13.5. The van der Waals surface area contributed by atoms with Crippen molar-refractivity contribution >= 4 is 23.4 Å². The number of anilines is 1. The molecule has 2 fully saturated rings. The molecule has 1 saturated carbocycles. The second-order valence-corrected chi connectivity index (χ2v) is 7.58. The van der Waals surface area contributed by atoms with Crippen LogP contribution in [0.1, 0.15) is 30.9 Å². The van der Waals surface area contributed by atoms with Gasteiger partial charge in [0.05, 0.1) is 5.25 Å². The number of carbonyl (C=O) groups excluding carboxylic acids is 1. The minimum atomic E-state index is -0.241. The Bertz CT molecular complexity index is 827. The number of aryl methyl sites for hydroxylation is 1. The highest BCUT2D eigenvalue weighted by atomic mass is 32.2. The van der Waals surface area contributed by atoms with Crippen LogP contribution in [0, 0.1) is 6.92 Å². The Labute approximate surface area is 144 Å². The van der Waals surface area contributed by atoms with Gasteiger partial charge in [-0.25, -0.2) is 0 Å². The van der Waals surface area contributed by atoms with E-state index < -0.39 is 0 Å². The van der Waals surface area contributed by atoms with Gasteiger partial charge in [-0.15, -0.1) is 0 Å². The number of amides is 1. The third-order valence-electron chi connectivity index (χ3n) is 4.49. The molecular weight excluding hydrogens is 322 g/mol. The summed E-state index contributed by atoms with van der Waals surface area (Å²) in [4.78, 5) is 30.4. The van der Waals surface area contributed by atoms with Crippen molar-refractivity contribution < 1.29 is 4.79 Å². The Morgan fingerprint density at radius 2 is 1.83 bits per heavy atom. The molecule has 6 heteroatoms. The maximum Gasteiger partial charge on any atom is 0.273 e.